The highest BCUT2D eigenvalue weighted by atomic mass is 79.9. The molecule has 0 aliphatic heterocycles. The van der Waals surface area contributed by atoms with Crippen molar-refractivity contribution in [2.24, 2.45) is 0 Å². The summed E-state index contributed by atoms with van der Waals surface area (Å²) in [5.41, 5.74) is 10.7. The Morgan fingerprint density at radius 3 is 2.79 bits per heavy atom. The molecule has 72 valence electrons. The largest absolute Gasteiger partial charge is 0.389 e. The van der Waals surface area contributed by atoms with Crippen LogP contribution in [0.4, 0.5) is 5.00 Å². The topological polar surface area (TPSA) is 38.9 Å². The van der Waals surface area contributed by atoms with Gasteiger partial charge in [-0.1, -0.05) is 28.1 Å². The number of benzene rings is 1. The number of aromatic nitrogens is 1. The van der Waals surface area contributed by atoms with E-state index in [1.807, 2.05) is 6.07 Å². The van der Waals surface area contributed by atoms with Crippen molar-refractivity contribution in [3.8, 4) is 11.3 Å². The first-order valence-corrected chi connectivity index (χ1v) is 5.81. The molecule has 14 heavy (non-hydrogen) atoms. The molecule has 2 aromatic rings. The van der Waals surface area contributed by atoms with Crippen molar-refractivity contribution in [3.63, 3.8) is 0 Å². The van der Waals surface area contributed by atoms with Crippen LogP contribution in [0.2, 0.25) is 0 Å². The predicted molar refractivity (Wildman–Crippen MR) is 64.4 cm³/mol. The number of aryl methyl sites for hydroxylation is 1. The molecule has 0 saturated carbocycles. The van der Waals surface area contributed by atoms with Crippen LogP contribution in [0.15, 0.2) is 28.2 Å². The smallest absolute Gasteiger partial charge is 0.114 e. The number of nitrogens with zero attached hydrogens (tertiary/aromatic N) is 1. The average Bonchev–Trinajstić information content (AvgIpc) is 2.52. The molecule has 1 aromatic heterocycles. The van der Waals surface area contributed by atoms with Crippen LogP contribution in [0.5, 0.6) is 0 Å². The normalized spacial score (nSPS) is 10.4. The summed E-state index contributed by atoms with van der Waals surface area (Å²) in [6.07, 6.45) is 0. The molecule has 0 aliphatic rings. The Morgan fingerprint density at radius 2 is 2.21 bits per heavy atom. The van der Waals surface area contributed by atoms with Crippen molar-refractivity contribution in [1.29, 1.82) is 0 Å². The van der Waals surface area contributed by atoms with Gasteiger partial charge in [0.15, 0.2) is 0 Å². The molecule has 0 amide bonds. The number of halogens is 1. The molecule has 0 unspecified atom stereocenters. The van der Waals surface area contributed by atoms with Gasteiger partial charge in [0.1, 0.15) is 10.7 Å². The van der Waals surface area contributed by atoms with Gasteiger partial charge in [0.05, 0.1) is 5.51 Å². The molecule has 2 rings (SSSR count). The van der Waals surface area contributed by atoms with Crippen LogP contribution in [0.1, 0.15) is 5.56 Å². The van der Waals surface area contributed by atoms with Crippen LogP contribution < -0.4 is 5.73 Å². The fourth-order valence-corrected chi connectivity index (χ4v) is 2.50. The molecule has 0 aliphatic carbocycles. The lowest BCUT2D eigenvalue weighted by Gasteiger charge is -2.03. The number of hydrogen-bond donors (Lipinski definition) is 1. The molecule has 1 heterocycles. The van der Waals surface area contributed by atoms with Gasteiger partial charge in [0, 0.05) is 10.0 Å². The lowest BCUT2D eigenvalue weighted by atomic mass is 10.1. The lowest BCUT2D eigenvalue weighted by Crippen LogP contribution is -1.87. The third kappa shape index (κ3) is 1.67. The number of anilines is 1. The summed E-state index contributed by atoms with van der Waals surface area (Å²) >= 11 is 4.97. The summed E-state index contributed by atoms with van der Waals surface area (Å²) in [6, 6.07) is 6.15. The standard InChI is InChI=1S/C10H9BrN2S/c1-6-2-3-7(8(11)4-6)9-10(12)14-5-13-9/h2-5H,12H2,1H3. The zero-order chi connectivity index (χ0) is 10.1. The van der Waals surface area contributed by atoms with Crippen molar-refractivity contribution >= 4 is 32.3 Å². The molecule has 2 N–H and O–H groups in total. The van der Waals surface area contributed by atoms with Crippen LogP contribution >= 0.6 is 27.3 Å². The number of rotatable bonds is 1. The van der Waals surface area contributed by atoms with E-state index in [0.717, 1.165) is 20.7 Å². The zero-order valence-electron chi connectivity index (χ0n) is 7.62. The Bertz CT molecular complexity index is 465. The first-order valence-electron chi connectivity index (χ1n) is 4.14. The van der Waals surface area contributed by atoms with Gasteiger partial charge in [0.2, 0.25) is 0 Å². The first-order chi connectivity index (χ1) is 6.68. The number of nitrogens with two attached hydrogens (primary N) is 1. The van der Waals surface area contributed by atoms with Crippen LogP contribution in [-0.4, -0.2) is 4.98 Å². The zero-order valence-corrected chi connectivity index (χ0v) is 10.0. The highest BCUT2D eigenvalue weighted by Crippen LogP contribution is 2.33. The summed E-state index contributed by atoms with van der Waals surface area (Å²) < 4.78 is 1.04. The Morgan fingerprint density at radius 1 is 1.43 bits per heavy atom. The molecule has 2 nitrogen and oxygen atoms in total. The van der Waals surface area contributed by atoms with Gasteiger partial charge in [-0.15, -0.1) is 11.3 Å². The second-order valence-electron chi connectivity index (χ2n) is 3.05. The van der Waals surface area contributed by atoms with Crippen molar-refractivity contribution in [1.82, 2.24) is 4.98 Å². The van der Waals surface area contributed by atoms with Gasteiger partial charge < -0.3 is 5.73 Å². The molecule has 4 heteroatoms. The Labute approximate surface area is 94.9 Å². The quantitative estimate of drug-likeness (QED) is 0.861. The van der Waals surface area contributed by atoms with E-state index in [1.54, 1.807) is 5.51 Å². The minimum atomic E-state index is 0.759. The number of thiazole rings is 1. The average molecular weight is 269 g/mol. The SMILES string of the molecule is Cc1ccc(-c2ncsc2N)c(Br)c1. The second kappa shape index (κ2) is 3.71. The first kappa shape index (κ1) is 9.68. The van der Waals surface area contributed by atoms with Gasteiger partial charge in [-0.2, -0.15) is 0 Å². The highest BCUT2D eigenvalue weighted by molar-refractivity contribution is 9.10. The summed E-state index contributed by atoms with van der Waals surface area (Å²) in [5, 5.41) is 0.759. The van der Waals surface area contributed by atoms with Crippen LogP contribution in [0, 0.1) is 6.92 Å². The van der Waals surface area contributed by atoms with E-state index in [9.17, 15) is 0 Å². The van der Waals surface area contributed by atoms with E-state index < -0.39 is 0 Å². The summed E-state index contributed by atoms with van der Waals surface area (Å²) in [4.78, 5) is 4.24. The van der Waals surface area contributed by atoms with E-state index in [1.165, 1.54) is 16.9 Å². The summed E-state index contributed by atoms with van der Waals surface area (Å²) in [6.45, 7) is 2.05. The molecular weight excluding hydrogens is 260 g/mol. The van der Waals surface area contributed by atoms with Crippen molar-refractivity contribution in [3.05, 3.63) is 33.7 Å². The van der Waals surface area contributed by atoms with E-state index in [-0.39, 0.29) is 0 Å². The maximum atomic E-state index is 5.81. The Balaban J connectivity index is 2.58. The second-order valence-corrected chi connectivity index (χ2v) is 4.79. The maximum absolute atomic E-state index is 5.81. The van der Waals surface area contributed by atoms with E-state index >= 15 is 0 Å². The Kier molecular flexibility index (Phi) is 2.56. The third-order valence-electron chi connectivity index (χ3n) is 1.97. The molecule has 0 atom stereocenters. The lowest BCUT2D eigenvalue weighted by molar-refractivity contribution is 1.38. The minimum Gasteiger partial charge on any atom is -0.389 e. The molecule has 0 spiro atoms. The van der Waals surface area contributed by atoms with Gasteiger partial charge in [-0.3, -0.25) is 0 Å². The van der Waals surface area contributed by atoms with Crippen molar-refractivity contribution in [2.75, 3.05) is 5.73 Å². The van der Waals surface area contributed by atoms with E-state index in [4.69, 9.17) is 5.73 Å². The fourth-order valence-electron chi connectivity index (χ4n) is 1.27. The van der Waals surface area contributed by atoms with Gasteiger partial charge in [0.25, 0.3) is 0 Å². The van der Waals surface area contributed by atoms with E-state index in [0.29, 0.717) is 0 Å². The molecule has 0 radical (unpaired) electrons. The molecule has 1 aromatic carbocycles. The number of nitrogen functional groups attached to an aromatic ring is 1. The Hall–Kier alpha value is -0.870. The van der Waals surface area contributed by atoms with Gasteiger partial charge >= 0.3 is 0 Å². The maximum Gasteiger partial charge on any atom is 0.114 e. The van der Waals surface area contributed by atoms with E-state index in [2.05, 4.69) is 40.0 Å². The summed E-state index contributed by atoms with van der Waals surface area (Å²) in [5.74, 6) is 0. The van der Waals surface area contributed by atoms with Crippen LogP contribution in [0.25, 0.3) is 11.3 Å². The van der Waals surface area contributed by atoms with Crippen molar-refractivity contribution in [2.45, 2.75) is 6.92 Å². The monoisotopic (exact) mass is 268 g/mol. The van der Waals surface area contributed by atoms with Crippen LogP contribution in [0.3, 0.4) is 0 Å². The highest BCUT2D eigenvalue weighted by Gasteiger charge is 2.08. The third-order valence-corrected chi connectivity index (χ3v) is 3.29. The number of hydrogen-bond acceptors (Lipinski definition) is 3. The molecule has 0 saturated heterocycles. The van der Waals surface area contributed by atoms with Gasteiger partial charge in [-0.25, -0.2) is 4.98 Å². The van der Waals surface area contributed by atoms with Gasteiger partial charge in [-0.05, 0) is 18.6 Å². The van der Waals surface area contributed by atoms with Crippen molar-refractivity contribution < 1.29 is 0 Å². The predicted octanol–water partition coefficient (Wildman–Crippen LogP) is 3.46. The van der Waals surface area contributed by atoms with Crippen LogP contribution in [-0.2, 0) is 0 Å². The molecule has 0 fully saturated rings. The fraction of sp³-hybridized carbons (Fsp3) is 0.100. The molecular formula is C10H9BrN2S. The minimum absolute atomic E-state index is 0.759. The summed E-state index contributed by atoms with van der Waals surface area (Å²) in [7, 11) is 0. The molecule has 0 bridgehead atoms.